The van der Waals surface area contributed by atoms with Crippen LogP contribution in [0.5, 0.6) is 11.5 Å². The molecule has 104 valence electrons. The summed E-state index contributed by atoms with van der Waals surface area (Å²) >= 11 is 0. The Balaban J connectivity index is 2.72. The van der Waals surface area contributed by atoms with Gasteiger partial charge in [0.1, 0.15) is 0 Å². The molecule has 19 heavy (non-hydrogen) atoms. The lowest BCUT2D eigenvalue weighted by Crippen LogP contribution is -2.27. The van der Waals surface area contributed by atoms with Crippen molar-refractivity contribution in [3.8, 4) is 11.5 Å². The molecule has 0 aromatic heterocycles. The Labute approximate surface area is 113 Å². The Morgan fingerprint density at radius 3 is 2.47 bits per heavy atom. The summed E-state index contributed by atoms with van der Waals surface area (Å²) in [5.74, 6) is 1.35. The van der Waals surface area contributed by atoms with Crippen molar-refractivity contribution in [2.75, 3.05) is 27.9 Å². The molecule has 0 aliphatic rings. The number of rotatable bonds is 6. The summed E-state index contributed by atoms with van der Waals surface area (Å²) in [7, 11) is 4.52. The van der Waals surface area contributed by atoms with Crippen molar-refractivity contribution in [2.24, 2.45) is 0 Å². The van der Waals surface area contributed by atoms with Crippen LogP contribution < -0.4 is 9.47 Å². The molecule has 0 radical (unpaired) electrons. The Kier molecular flexibility index (Phi) is 5.73. The Morgan fingerprint density at radius 1 is 1.26 bits per heavy atom. The van der Waals surface area contributed by atoms with E-state index < -0.39 is 6.09 Å². The van der Waals surface area contributed by atoms with E-state index in [1.54, 1.807) is 14.2 Å². The van der Waals surface area contributed by atoms with Crippen molar-refractivity contribution in [2.45, 2.75) is 6.42 Å². The van der Waals surface area contributed by atoms with E-state index in [4.69, 9.17) is 9.47 Å². The number of hydrogen-bond acceptors (Lipinski definition) is 4. The molecule has 1 amide bonds. The van der Waals surface area contributed by atoms with E-state index in [-0.39, 0.29) is 0 Å². The number of ether oxygens (including phenoxy) is 3. The van der Waals surface area contributed by atoms with E-state index in [0.717, 1.165) is 5.56 Å². The number of benzene rings is 1. The molecule has 0 aliphatic heterocycles. The molecule has 1 aromatic rings. The van der Waals surface area contributed by atoms with Crippen LogP contribution in [0.1, 0.15) is 5.56 Å². The molecule has 1 rings (SSSR count). The molecule has 0 atom stereocenters. The van der Waals surface area contributed by atoms with Gasteiger partial charge in [0.15, 0.2) is 11.5 Å². The predicted octanol–water partition coefficient (Wildman–Crippen LogP) is 2.46. The summed E-state index contributed by atoms with van der Waals surface area (Å²) < 4.78 is 15.0. The first-order valence-corrected chi connectivity index (χ1v) is 5.84. The van der Waals surface area contributed by atoms with Gasteiger partial charge in [0.25, 0.3) is 0 Å². The molecule has 0 unspecified atom stereocenters. The van der Waals surface area contributed by atoms with Crippen molar-refractivity contribution in [1.82, 2.24) is 4.90 Å². The van der Waals surface area contributed by atoms with Crippen molar-refractivity contribution in [3.63, 3.8) is 0 Å². The third kappa shape index (κ3) is 3.91. The van der Waals surface area contributed by atoms with E-state index in [1.807, 2.05) is 18.2 Å². The molecule has 5 heteroatoms. The summed E-state index contributed by atoms with van der Waals surface area (Å²) in [6.45, 7) is 4.08. The van der Waals surface area contributed by atoms with Gasteiger partial charge in [0.2, 0.25) is 0 Å². The molecule has 0 spiro atoms. The second-order valence-electron chi connectivity index (χ2n) is 3.79. The van der Waals surface area contributed by atoms with Crippen LogP contribution in [0.25, 0.3) is 0 Å². The summed E-state index contributed by atoms with van der Waals surface area (Å²) in [6, 6.07) is 5.65. The van der Waals surface area contributed by atoms with E-state index >= 15 is 0 Å². The number of carbonyl (C=O) groups is 1. The van der Waals surface area contributed by atoms with Gasteiger partial charge in [0, 0.05) is 12.7 Å². The van der Waals surface area contributed by atoms with Crippen LogP contribution in [0.3, 0.4) is 0 Å². The lowest BCUT2D eigenvalue weighted by atomic mass is 10.1. The molecule has 0 fully saturated rings. The number of amides is 1. The van der Waals surface area contributed by atoms with Crippen molar-refractivity contribution >= 4 is 6.09 Å². The minimum Gasteiger partial charge on any atom is -0.493 e. The van der Waals surface area contributed by atoms with Gasteiger partial charge < -0.3 is 14.2 Å². The fourth-order valence-electron chi connectivity index (χ4n) is 1.66. The smallest absolute Gasteiger partial charge is 0.413 e. The highest BCUT2D eigenvalue weighted by Crippen LogP contribution is 2.27. The average Bonchev–Trinajstić information content (AvgIpc) is 2.47. The minimum absolute atomic E-state index is 0.421. The second-order valence-corrected chi connectivity index (χ2v) is 3.79. The molecule has 0 aliphatic carbocycles. The summed E-state index contributed by atoms with van der Waals surface area (Å²) in [4.78, 5) is 12.8. The van der Waals surface area contributed by atoms with Crippen molar-refractivity contribution < 1.29 is 19.0 Å². The highest BCUT2D eigenvalue weighted by Gasteiger charge is 2.11. The Morgan fingerprint density at radius 2 is 1.95 bits per heavy atom. The minimum atomic E-state index is -0.421. The standard InChI is InChI=1S/C14H19NO4/c1-5-15(14(16)19-4)9-8-11-6-7-12(17-2)13(10-11)18-3/h5-7,10H,1,8-9H2,2-4H3. The fourth-order valence-corrected chi connectivity index (χ4v) is 1.66. The molecule has 0 saturated heterocycles. The lowest BCUT2D eigenvalue weighted by molar-refractivity contribution is 0.140. The van der Waals surface area contributed by atoms with Crippen LogP contribution in [0.4, 0.5) is 4.79 Å². The zero-order chi connectivity index (χ0) is 14.3. The molecule has 0 N–H and O–H groups in total. The molecule has 5 nitrogen and oxygen atoms in total. The van der Waals surface area contributed by atoms with Gasteiger partial charge in [-0.2, -0.15) is 0 Å². The maximum atomic E-state index is 11.4. The quantitative estimate of drug-likeness (QED) is 0.792. The molecule has 1 aromatic carbocycles. The van der Waals surface area contributed by atoms with Crippen LogP contribution in [-0.2, 0) is 11.2 Å². The summed E-state index contributed by atoms with van der Waals surface area (Å²) in [5.41, 5.74) is 1.04. The van der Waals surface area contributed by atoms with E-state index in [2.05, 4.69) is 11.3 Å². The zero-order valence-electron chi connectivity index (χ0n) is 11.5. The second kappa shape index (κ2) is 7.31. The van der Waals surface area contributed by atoms with Crippen molar-refractivity contribution in [1.29, 1.82) is 0 Å². The van der Waals surface area contributed by atoms with Gasteiger partial charge in [-0.15, -0.1) is 0 Å². The van der Waals surface area contributed by atoms with Gasteiger partial charge in [-0.3, -0.25) is 4.90 Å². The van der Waals surface area contributed by atoms with Crippen LogP contribution >= 0.6 is 0 Å². The third-order valence-electron chi connectivity index (χ3n) is 2.72. The fraction of sp³-hybridized carbons (Fsp3) is 0.357. The first-order chi connectivity index (χ1) is 9.15. The van der Waals surface area contributed by atoms with Gasteiger partial charge in [-0.1, -0.05) is 12.6 Å². The van der Waals surface area contributed by atoms with Crippen LogP contribution in [0, 0.1) is 0 Å². The van der Waals surface area contributed by atoms with Crippen molar-refractivity contribution in [3.05, 3.63) is 36.5 Å². The normalized spacial score (nSPS) is 9.63. The Bertz CT molecular complexity index is 445. The number of hydrogen-bond donors (Lipinski definition) is 0. The maximum Gasteiger partial charge on any atom is 0.413 e. The predicted molar refractivity (Wildman–Crippen MR) is 72.6 cm³/mol. The maximum absolute atomic E-state index is 11.4. The zero-order valence-corrected chi connectivity index (χ0v) is 11.5. The topological polar surface area (TPSA) is 48.0 Å². The van der Waals surface area contributed by atoms with E-state index in [1.165, 1.54) is 18.2 Å². The van der Waals surface area contributed by atoms with Gasteiger partial charge in [-0.05, 0) is 24.1 Å². The highest BCUT2D eigenvalue weighted by molar-refractivity contribution is 5.68. The SMILES string of the molecule is C=CN(CCc1ccc(OC)c(OC)c1)C(=O)OC. The van der Waals surface area contributed by atoms with Gasteiger partial charge in [0.05, 0.1) is 21.3 Å². The van der Waals surface area contributed by atoms with Crippen LogP contribution in [-0.4, -0.2) is 38.9 Å². The highest BCUT2D eigenvalue weighted by atomic mass is 16.5. The first-order valence-electron chi connectivity index (χ1n) is 5.84. The van der Waals surface area contributed by atoms with E-state index in [0.29, 0.717) is 24.5 Å². The molecule has 0 bridgehead atoms. The largest absolute Gasteiger partial charge is 0.493 e. The monoisotopic (exact) mass is 265 g/mol. The van der Waals surface area contributed by atoms with E-state index in [9.17, 15) is 4.79 Å². The number of nitrogens with zero attached hydrogens (tertiary/aromatic N) is 1. The number of methoxy groups -OCH3 is 3. The summed E-state index contributed by atoms with van der Waals surface area (Å²) in [5, 5.41) is 0. The molecule has 0 saturated carbocycles. The third-order valence-corrected chi connectivity index (χ3v) is 2.72. The lowest BCUT2D eigenvalue weighted by Gasteiger charge is -2.16. The molecule has 0 heterocycles. The van der Waals surface area contributed by atoms with Gasteiger partial charge >= 0.3 is 6.09 Å². The average molecular weight is 265 g/mol. The number of carbonyl (C=O) groups excluding carboxylic acids is 1. The van der Waals surface area contributed by atoms with Crippen LogP contribution in [0.15, 0.2) is 31.0 Å². The molecular weight excluding hydrogens is 246 g/mol. The Hall–Kier alpha value is -2.17. The molecular formula is C14H19NO4. The summed E-state index contributed by atoms with van der Waals surface area (Å²) in [6.07, 6.45) is 1.70. The van der Waals surface area contributed by atoms with Crippen LogP contribution in [0.2, 0.25) is 0 Å². The first kappa shape index (κ1) is 14.9. The van der Waals surface area contributed by atoms with Gasteiger partial charge in [-0.25, -0.2) is 4.79 Å².